The predicted octanol–water partition coefficient (Wildman–Crippen LogP) is 10.2. The summed E-state index contributed by atoms with van der Waals surface area (Å²) in [7, 11) is 0. The minimum Gasteiger partial charge on any atom is -0.507 e. The van der Waals surface area contributed by atoms with E-state index in [1.54, 1.807) is 0 Å². The number of nitrogens with one attached hydrogen (secondary N) is 1. The van der Waals surface area contributed by atoms with E-state index in [2.05, 4.69) is 149 Å². The molecule has 3 N–H and O–H groups in total. The van der Waals surface area contributed by atoms with Crippen molar-refractivity contribution < 1.29 is 10.2 Å². The van der Waals surface area contributed by atoms with E-state index in [4.69, 9.17) is 0 Å². The molecule has 0 aromatic heterocycles. The number of benzene rings is 4. The standard InChI is InChI=1S/C41H51NO2/c1-24-13-15-29(16-14-24)41(34-20-26(3)19-33(37(34)44)40(10,11)12)31-23-30(38(4,5)6)22-27(35(31)42-41)21-28-17-25(2)18-32(36(28)43)39(7,8)9/h13-20,22-23,42-44H,21H2,1-12H3. The molecule has 232 valence electrons. The molecule has 1 unspecified atom stereocenters. The van der Waals surface area contributed by atoms with Crippen LogP contribution in [0.5, 0.6) is 11.5 Å². The summed E-state index contributed by atoms with van der Waals surface area (Å²) in [6.07, 6.45) is 0.604. The Morgan fingerprint density at radius 1 is 0.568 bits per heavy atom. The number of aromatic hydroxyl groups is 2. The SMILES string of the molecule is Cc1ccc(C2(c3cc(C)cc(C(C)(C)C)c3O)Nc3c(Cc4cc(C)cc(C(C)(C)C)c4O)cc(C(C)(C)C)cc32)cc1. The number of aryl methyl sites for hydroxylation is 3. The third-order valence-electron chi connectivity index (χ3n) is 9.28. The number of rotatable bonds is 4. The number of fused-ring (bicyclic) bond motifs is 1. The van der Waals surface area contributed by atoms with Crippen LogP contribution in [0.4, 0.5) is 5.69 Å². The summed E-state index contributed by atoms with van der Waals surface area (Å²) in [5, 5.41) is 27.5. The Balaban J connectivity index is 1.81. The summed E-state index contributed by atoms with van der Waals surface area (Å²) in [6, 6.07) is 21.8. The summed E-state index contributed by atoms with van der Waals surface area (Å²) in [4.78, 5) is 0. The fourth-order valence-electron chi connectivity index (χ4n) is 6.71. The van der Waals surface area contributed by atoms with E-state index in [1.165, 1.54) is 11.1 Å². The molecule has 3 nitrogen and oxygen atoms in total. The molecular weight excluding hydrogens is 538 g/mol. The Hall–Kier alpha value is -3.72. The van der Waals surface area contributed by atoms with Gasteiger partial charge in [0.25, 0.3) is 0 Å². The van der Waals surface area contributed by atoms with Crippen LogP contribution in [-0.2, 0) is 28.2 Å². The minimum atomic E-state index is -0.722. The van der Waals surface area contributed by atoms with Crippen molar-refractivity contribution >= 4 is 5.69 Å². The largest absolute Gasteiger partial charge is 0.507 e. The van der Waals surface area contributed by atoms with Crippen LogP contribution in [0.15, 0.2) is 60.7 Å². The average Bonchev–Trinajstić information content (AvgIpc) is 2.88. The fraction of sp³-hybridized carbons (Fsp3) is 0.415. The third kappa shape index (κ3) is 5.40. The molecule has 1 aliphatic rings. The second-order valence-corrected chi connectivity index (χ2v) is 16.3. The van der Waals surface area contributed by atoms with E-state index < -0.39 is 5.54 Å². The van der Waals surface area contributed by atoms with Gasteiger partial charge in [-0.3, -0.25) is 0 Å². The van der Waals surface area contributed by atoms with Gasteiger partial charge >= 0.3 is 0 Å². The molecule has 44 heavy (non-hydrogen) atoms. The van der Waals surface area contributed by atoms with Crippen molar-refractivity contribution in [3.05, 3.63) is 122 Å². The van der Waals surface area contributed by atoms with Gasteiger partial charge in [-0.25, -0.2) is 0 Å². The van der Waals surface area contributed by atoms with Gasteiger partial charge in [0, 0.05) is 23.2 Å². The molecule has 3 heteroatoms. The molecule has 4 aromatic rings. The van der Waals surface area contributed by atoms with Crippen LogP contribution in [-0.4, -0.2) is 10.2 Å². The smallest absolute Gasteiger partial charge is 0.125 e. The topological polar surface area (TPSA) is 52.5 Å². The lowest BCUT2D eigenvalue weighted by atomic mass is 9.66. The number of phenols is 2. The van der Waals surface area contributed by atoms with Crippen molar-refractivity contribution in [3.8, 4) is 11.5 Å². The fourth-order valence-corrected chi connectivity index (χ4v) is 6.71. The van der Waals surface area contributed by atoms with Gasteiger partial charge in [-0.15, -0.1) is 0 Å². The highest BCUT2D eigenvalue weighted by Gasteiger charge is 2.49. The molecule has 0 saturated carbocycles. The highest BCUT2D eigenvalue weighted by Crippen LogP contribution is 2.56. The molecule has 4 aromatic carbocycles. The van der Waals surface area contributed by atoms with Crippen molar-refractivity contribution in [2.24, 2.45) is 0 Å². The first kappa shape index (κ1) is 31.7. The lowest BCUT2D eigenvalue weighted by Crippen LogP contribution is -2.47. The Morgan fingerprint density at radius 2 is 1.11 bits per heavy atom. The molecule has 1 aliphatic heterocycles. The molecule has 1 atom stereocenters. The summed E-state index contributed by atoms with van der Waals surface area (Å²) >= 11 is 0. The second-order valence-electron chi connectivity index (χ2n) is 16.3. The first-order valence-electron chi connectivity index (χ1n) is 15.9. The lowest BCUT2D eigenvalue weighted by Gasteiger charge is -2.49. The molecule has 0 saturated heterocycles. The highest BCUT2D eigenvalue weighted by atomic mass is 16.3. The van der Waals surface area contributed by atoms with Crippen LogP contribution in [0.3, 0.4) is 0 Å². The number of phenolic OH excluding ortho intramolecular Hbond substituents is 2. The summed E-state index contributed by atoms with van der Waals surface area (Å²) in [5.41, 5.74) is 11.7. The van der Waals surface area contributed by atoms with Crippen LogP contribution in [0.1, 0.15) is 124 Å². The Kier molecular flexibility index (Phi) is 7.52. The lowest BCUT2D eigenvalue weighted by molar-refractivity contribution is 0.429. The second kappa shape index (κ2) is 10.4. The zero-order valence-corrected chi connectivity index (χ0v) is 28.9. The van der Waals surface area contributed by atoms with Gasteiger partial charge < -0.3 is 15.5 Å². The molecule has 0 bridgehead atoms. The van der Waals surface area contributed by atoms with E-state index in [0.29, 0.717) is 17.9 Å². The van der Waals surface area contributed by atoms with E-state index in [0.717, 1.165) is 55.8 Å². The first-order valence-corrected chi connectivity index (χ1v) is 15.9. The Labute approximate surface area is 265 Å². The van der Waals surface area contributed by atoms with E-state index in [1.807, 2.05) is 0 Å². The summed E-state index contributed by atoms with van der Waals surface area (Å²) in [6.45, 7) is 26.0. The highest BCUT2D eigenvalue weighted by molar-refractivity contribution is 5.82. The Bertz CT molecular complexity index is 1740. The van der Waals surface area contributed by atoms with Gasteiger partial charge in [0.15, 0.2) is 0 Å². The molecule has 5 rings (SSSR count). The van der Waals surface area contributed by atoms with Crippen molar-refractivity contribution in [2.45, 2.75) is 111 Å². The van der Waals surface area contributed by atoms with Gasteiger partial charge in [-0.05, 0) is 76.5 Å². The molecule has 0 spiro atoms. The zero-order chi connectivity index (χ0) is 32.6. The molecule has 0 fully saturated rings. The van der Waals surface area contributed by atoms with E-state index in [9.17, 15) is 10.2 Å². The van der Waals surface area contributed by atoms with Gasteiger partial charge in [0.05, 0.1) is 0 Å². The van der Waals surface area contributed by atoms with E-state index in [-0.39, 0.29) is 16.2 Å². The quantitative estimate of drug-likeness (QED) is 0.222. The molecule has 0 amide bonds. The van der Waals surface area contributed by atoms with Crippen LogP contribution < -0.4 is 5.32 Å². The van der Waals surface area contributed by atoms with E-state index >= 15 is 0 Å². The molecular formula is C41H51NO2. The Morgan fingerprint density at radius 3 is 1.66 bits per heavy atom. The summed E-state index contributed by atoms with van der Waals surface area (Å²) in [5.74, 6) is 0.726. The normalized spacial score (nSPS) is 16.7. The van der Waals surface area contributed by atoms with Gasteiger partial charge in [-0.1, -0.05) is 134 Å². The summed E-state index contributed by atoms with van der Waals surface area (Å²) < 4.78 is 0. The average molecular weight is 590 g/mol. The monoisotopic (exact) mass is 589 g/mol. The maximum absolute atomic E-state index is 12.0. The van der Waals surface area contributed by atoms with Crippen molar-refractivity contribution in [1.82, 2.24) is 0 Å². The third-order valence-corrected chi connectivity index (χ3v) is 9.28. The number of anilines is 1. The van der Waals surface area contributed by atoms with Crippen LogP contribution in [0.2, 0.25) is 0 Å². The maximum atomic E-state index is 12.0. The van der Waals surface area contributed by atoms with Gasteiger partial charge in [0.2, 0.25) is 0 Å². The van der Waals surface area contributed by atoms with Crippen LogP contribution >= 0.6 is 0 Å². The predicted molar refractivity (Wildman–Crippen MR) is 186 cm³/mol. The molecule has 0 radical (unpaired) electrons. The number of hydrogen-bond acceptors (Lipinski definition) is 3. The molecule has 1 heterocycles. The van der Waals surface area contributed by atoms with Crippen LogP contribution in [0.25, 0.3) is 0 Å². The molecule has 0 aliphatic carbocycles. The van der Waals surface area contributed by atoms with Crippen molar-refractivity contribution in [1.29, 1.82) is 0 Å². The zero-order valence-electron chi connectivity index (χ0n) is 28.9. The van der Waals surface area contributed by atoms with Crippen LogP contribution in [0, 0.1) is 20.8 Å². The van der Waals surface area contributed by atoms with Crippen molar-refractivity contribution in [3.63, 3.8) is 0 Å². The van der Waals surface area contributed by atoms with Crippen molar-refractivity contribution in [2.75, 3.05) is 5.32 Å². The number of hydrogen-bond donors (Lipinski definition) is 3. The van der Waals surface area contributed by atoms with Gasteiger partial charge in [-0.2, -0.15) is 0 Å². The first-order chi connectivity index (χ1) is 20.2. The minimum absolute atomic E-state index is 0.102. The maximum Gasteiger partial charge on any atom is 0.125 e. The van der Waals surface area contributed by atoms with Gasteiger partial charge in [0.1, 0.15) is 17.0 Å².